The molecular weight excluding hydrogens is 620 g/mol. The Labute approximate surface area is 264 Å². The Kier molecular flexibility index (Phi) is 7.93. The van der Waals surface area contributed by atoms with Crippen LogP contribution in [0.15, 0.2) is 76.6 Å². The number of nitrogens with one attached hydrogen (secondary N) is 1. The number of anilines is 2. The first-order valence-corrected chi connectivity index (χ1v) is 15.4. The monoisotopic (exact) mass is 646 g/mol. The highest BCUT2D eigenvalue weighted by Crippen LogP contribution is 2.54. The van der Waals surface area contributed by atoms with E-state index < -0.39 is 44.6 Å². The number of thiazole rings is 1. The van der Waals surface area contributed by atoms with Gasteiger partial charge in [-0.2, -0.15) is 0 Å². The normalized spacial score (nSPS) is 18.7. The van der Waals surface area contributed by atoms with Crippen molar-refractivity contribution in [2.45, 2.75) is 29.7 Å². The third-order valence-electron chi connectivity index (χ3n) is 7.86. The second-order valence-corrected chi connectivity index (χ2v) is 12.6. The Morgan fingerprint density at radius 1 is 0.978 bits per heavy atom. The molecule has 0 saturated carbocycles. The number of ether oxygens (including phenoxy) is 2. The smallest absolute Gasteiger partial charge is 0.308 e. The highest BCUT2D eigenvalue weighted by molar-refractivity contribution is 8.00. The molecule has 3 aromatic carbocycles. The fourth-order valence-corrected chi connectivity index (χ4v) is 8.46. The van der Waals surface area contributed by atoms with Gasteiger partial charge >= 0.3 is 4.87 Å². The van der Waals surface area contributed by atoms with Gasteiger partial charge in [0.2, 0.25) is 17.7 Å². The molecule has 4 aromatic rings. The predicted octanol–water partition coefficient (Wildman–Crippen LogP) is 4.58. The third kappa shape index (κ3) is 5.25. The van der Waals surface area contributed by atoms with Crippen molar-refractivity contribution in [2.24, 2.45) is 5.92 Å². The fraction of sp³-hybridized carbons (Fsp3) is 0.226. The molecule has 3 unspecified atom stereocenters. The zero-order valence-corrected chi connectivity index (χ0v) is 25.8. The van der Waals surface area contributed by atoms with Crippen molar-refractivity contribution in [3.05, 3.63) is 103 Å². The number of aryl methyl sites for hydroxylation is 1. The molecule has 1 N–H and O–H groups in total. The zero-order chi connectivity index (χ0) is 32.0. The van der Waals surface area contributed by atoms with Crippen LogP contribution in [0.1, 0.15) is 21.9 Å². The minimum absolute atomic E-state index is 0.178. The summed E-state index contributed by atoms with van der Waals surface area (Å²) in [6.07, 6.45) is 0. The largest absolute Gasteiger partial charge is 0.493 e. The van der Waals surface area contributed by atoms with Gasteiger partial charge < -0.3 is 14.8 Å². The molecular formula is C31H26N4O8S2. The van der Waals surface area contributed by atoms with E-state index in [4.69, 9.17) is 9.47 Å². The molecule has 0 bridgehead atoms. The van der Waals surface area contributed by atoms with Gasteiger partial charge in [-0.3, -0.25) is 33.9 Å². The molecule has 1 fully saturated rings. The number of benzene rings is 3. The third-order valence-corrected chi connectivity index (χ3v) is 10.5. The summed E-state index contributed by atoms with van der Waals surface area (Å²) in [6, 6.07) is 17.6. The number of imide groups is 1. The molecule has 6 rings (SSSR count). The maximum atomic E-state index is 14.1. The number of fused-ring (bicyclic) bond motifs is 2. The first kappa shape index (κ1) is 30.1. The van der Waals surface area contributed by atoms with Crippen LogP contribution in [0.4, 0.5) is 17.1 Å². The SMILES string of the molecule is COc1ccc(C2c3sc(=O)n(CC(=O)Nc4ccccc4C)c3SC3C(=O)N(c4ccc([N+](=O)[O-])cc4)C(=O)C32)cc1OC. The first-order valence-electron chi connectivity index (χ1n) is 13.7. The minimum Gasteiger partial charge on any atom is -0.493 e. The standard InChI is InChI=1S/C31H26N4O8S2/c1-16-6-4-5-7-20(16)32-23(36)15-33-30-27(45-31(33)39)24(17-8-13-21(42-2)22(14-17)43-3)25-26(44-30)29(38)34(28(25)37)18-9-11-19(12-10-18)35(40)41/h4-14,24-26H,15H2,1-3H3,(H,32,36). The second-order valence-electron chi connectivity index (χ2n) is 10.4. The summed E-state index contributed by atoms with van der Waals surface area (Å²) in [5, 5.41) is 13.5. The fourth-order valence-electron chi connectivity index (χ4n) is 5.69. The number of thioether (sulfide) groups is 1. The molecule has 2 aliphatic rings. The van der Waals surface area contributed by atoms with Crippen molar-refractivity contribution < 1.29 is 28.8 Å². The predicted molar refractivity (Wildman–Crippen MR) is 169 cm³/mol. The van der Waals surface area contributed by atoms with Gasteiger partial charge in [0.05, 0.1) is 35.8 Å². The maximum absolute atomic E-state index is 14.1. The van der Waals surface area contributed by atoms with Crippen LogP contribution < -0.4 is 24.6 Å². The van der Waals surface area contributed by atoms with Crippen LogP contribution in [0.2, 0.25) is 0 Å². The quantitative estimate of drug-likeness (QED) is 0.165. The molecule has 45 heavy (non-hydrogen) atoms. The number of carbonyl (C=O) groups is 3. The Bertz CT molecular complexity index is 1920. The van der Waals surface area contributed by atoms with E-state index in [1.54, 1.807) is 30.3 Å². The molecule has 0 spiro atoms. The van der Waals surface area contributed by atoms with Crippen molar-refractivity contribution >= 4 is 57.9 Å². The summed E-state index contributed by atoms with van der Waals surface area (Å²) >= 11 is 2.00. The van der Waals surface area contributed by atoms with E-state index in [1.165, 1.54) is 43.1 Å². The highest BCUT2D eigenvalue weighted by Gasteiger charge is 2.57. The van der Waals surface area contributed by atoms with Gasteiger partial charge in [0, 0.05) is 28.6 Å². The highest BCUT2D eigenvalue weighted by atomic mass is 32.2. The molecule has 14 heteroatoms. The number of hydrogen-bond donors (Lipinski definition) is 1. The Hall–Kier alpha value is -4.95. The summed E-state index contributed by atoms with van der Waals surface area (Å²) in [7, 11) is 2.98. The van der Waals surface area contributed by atoms with Gasteiger partial charge in [0.15, 0.2) is 11.5 Å². The lowest BCUT2D eigenvalue weighted by Crippen LogP contribution is -2.33. The summed E-state index contributed by atoms with van der Waals surface area (Å²) in [6.45, 7) is 1.56. The number of aromatic nitrogens is 1. The zero-order valence-electron chi connectivity index (χ0n) is 24.2. The van der Waals surface area contributed by atoms with Crippen molar-refractivity contribution in [3.63, 3.8) is 0 Å². The summed E-state index contributed by atoms with van der Waals surface area (Å²) in [4.78, 5) is 66.4. The number of non-ortho nitro benzene ring substituents is 1. The number of carbonyl (C=O) groups excluding carboxylic acids is 3. The number of amides is 3. The van der Waals surface area contributed by atoms with Gasteiger partial charge in [-0.05, 0) is 48.4 Å². The van der Waals surface area contributed by atoms with Crippen LogP contribution >= 0.6 is 23.1 Å². The summed E-state index contributed by atoms with van der Waals surface area (Å²) in [5.74, 6) is -2.21. The molecule has 0 aliphatic carbocycles. The molecule has 3 amide bonds. The molecule has 230 valence electrons. The van der Waals surface area contributed by atoms with Gasteiger partial charge in [-0.1, -0.05) is 47.4 Å². The van der Waals surface area contributed by atoms with Crippen LogP contribution in [0, 0.1) is 23.0 Å². The Morgan fingerprint density at radius 2 is 1.69 bits per heavy atom. The number of nitrogens with zero attached hydrogens (tertiary/aromatic N) is 3. The molecule has 3 atom stereocenters. The number of nitro benzene ring substituents is 1. The van der Waals surface area contributed by atoms with E-state index in [0.717, 1.165) is 33.6 Å². The lowest BCUT2D eigenvalue weighted by atomic mass is 9.83. The molecule has 1 aromatic heterocycles. The Morgan fingerprint density at radius 3 is 2.36 bits per heavy atom. The average molecular weight is 647 g/mol. The van der Waals surface area contributed by atoms with E-state index in [0.29, 0.717) is 32.7 Å². The van der Waals surface area contributed by atoms with E-state index >= 15 is 0 Å². The number of hydrogen-bond acceptors (Lipinski definition) is 10. The van der Waals surface area contributed by atoms with Crippen LogP contribution in [0.25, 0.3) is 0 Å². The molecule has 0 radical (unpaired) electrons. The lowest BCUT2D eigenvalue weighted by Gasteiger charge is -2.31. The van der Waals surface area contributed by atoms with Crippen LogP contribution in [-0.2, 0) is 20.9 Å². The summed E-state index contributed by atoms with van der Waals surface area (Å²) < 4.78 is 12.3. The van der Waals surface area contributed by atoms with Gasteiger partial charge in [-0.25, -0.2) is 4.90 Å². The van der Waals surface area contributed by atoms with Crippen molar-refractivity contribution in [1.29, 1.82) is 0 Å². The van der Waals surface area contributed by atoms with E-state index in [-0.39, 0.29) is 17.9 Å². The van der Waals surface area contributed by atoms with Crippen LogP contribution in [0.5, 0.6) is 11.5 Å². The number of rotatable bonds is 8. The van der Waals surface area contributed by atoms with Gasteiger partial charge in [0.25, 0.3) is 5.69 Å². The van der Waals surface area contributed by atoms with Gasteiger partial charge in [-0.15, -0.1) is 0 Å². The summed E-state index contributed by atoms with van der Waals surface area (Å²) in [5.41, 5.74) is 2.12. The topological polar surface area (TPSA) is 150 Å². The van der Waals surface area contributed by atoms with E-state index in [9.17, 15) is 29.3 Å². The van der Waals surface area contributed by atoms with Crippen molar-refractivity contribution in [3.8, 4) is 11.5 Å². The molecule has 3 heterocycles. The van der Waals surface area contributed by atoms with Crippen molar-refractivity contribution in [1.82, 2.24) is 4.57 Å². The van der Waals surface area contributed by atoms with Crippen LogP contribution in [-0.4, -0.2) is 46.7 Å². The number of nitro groups is 1. The van der Waals surface area contributed by atoms with Gasteiger partial charge in [0.1, 0.15) is 11.8 Å². The Balaban J connectivity index is 1.44. The second kappa shape index (κ2) is 11.9. The van der Waals surface area contributed by atoms with Crippen LogP contribution in [0.3, 0.4) is 0 Å². The first-order chi connectivity index (χ1) is 21.6. The molecule has 2 aliphatic heterocycles. The average Bonchev–Trinajstić information content (AvgIpc) is 3.47. The maximum Gasteiger partial charge on any atom is 0.308 e. The van der Waals surface area contributed by atoms with E-state index in [1.807, 2.05) is 19.1 Å². The van der Waals surface area contributed by atoms with Crippen molar-refractivity contribution in [2.75, 3.05) is 24.4 Å². The minimum atomic E-state index is -0.932. The number of para-hydroxylation sites is 1. The molecule has 1 saturated heterocycles. The lowest BCUT2D eigenvalue weighted by molar-refractivity contribution is -0.384. The number of methoxy groups -OCH3 is 2. The van der Waals surface area contributed by atoms with E-state index in [2.05, 4.69) is 5.32 Å². The molecule has 12 nitrogen and oxygen atoms in total.